The second kappa shape index (κ2) is 7.65. The molecule has 1 heterocycles. The summed E-state index contributed by atoms with van der Waals surface area (Å²) >= 11 is 6.03. The number of nitrogens with one attached hydrogen (secondary N) is 1. The Kier molecular flexibility index (Phi) is 5.50. The number of sulfonamides is 1. The molecule has 2 aromatic carbocycles. The van der Waals surface area contributed by atoms with Crippen molar-refractivity contribution in [1.29, 1.82) is 0 Å². The average Bonchev–Trinajstić information content (AvgIpc) is 3.11. The van der Waals surface area contributed by atoms with Gasteiger partial charge in [-0.25, -0.2) is 8.42 Å². The van der Waals surface area contributed by atoms with E-state index in [0.29, 0.717) is 24.7 Å². The van der Waals surface area contributed by atoms with Crippen molar-refractivity contribution in [3.05, 3.63) is 59.1 Å². The zero-order valence-electron chi connectivity index (χ0n) is 14.1. The van der Waals surface area contributed by atoms with Crippen molar-refractivity contribution in [2.24, 2.45) is 11.7 Å². The van der Waals surface area contributed by atoms with Crippen LogP contribution in [0.3, 0.4) is 0 Å². The van der Waals surface area contributed by atoms with Crippen LogP contribution in [0, 0.1) is 5.92 Å². The third-order valence-electron chi connectivity index (χ3n) is 4.42. The first kappa shape index (κ1) is 18.7. The largest absolute Gasteiger partial charge is 0.338 e. The molecule has 8 heteroatoms. The summed E-state index contributed by atoms with van der Waals surface area (Å²) in [7, 11) is -3.82. The van der Waals surface area contributed by atoms with Gasteiger partial charge in [-0.3, -0.25) is 9.52 Å². The molecule has 6 nitrogen and oxygen atoms in total. The second-order valence-corrected chi connectivity index (χ2v) is 8.37. The standard InChI is InChI=1S/C18H20ClN3O3S/c19-14-6-7-16(18(23)22-9-8-13(11-20)12-22)17(10-14)21-26(24,25)15-4-2-1-3-5-15/h1-7,10,13,21H,8-9,11-12,20H2. The van der Waals surface area contributed by atoms with Crippen LogP contribution in [0.15, 0.2) is 53.4 Å². The van der Waals surface area contributed by atoms with Gasteiger partial charge in [-0.1, -0.05) is 29.8 Å². The van der Waals surface area contributed by atoms with Gasteiger partial charge in [0.25, 0.3) is 15.9 Å². The van der Waals surface area contributed by atoms with Crippen LogP contribution in [0.4, 0.5) is 5.69 Å². The predicted octanol–water partition coefficient (Wildman–Crippen LogP) is 2.56. The SMILES string of the molecule is NCC1CCN(C(=O)c2ccc(Cl)cc2NS(=O)(=O)c2ccccc2)C1. The maximum Gasteiger partial charge on any atom is 0.261 e. The molecule has 1 saturated heterocycles. The summed E-state index contributed by atoms with van der Waals surface area (Å²) in [6.45, 7) is 1.70. The van der Waals surface area contributed by atoms with Crippen molar-refractivity contribution in [1.82, 2.24) is 4.90 Å². The molecule has 3 N–H and O–H groups in total. The number of halogens is 1. The van der Waals surface area contributed by atoms with Crippen molar-refractivity contribution in [2.45, 2.75) is 11.3 Å². The summed E-state index contributed by atoms with van der Waals surface area (Å²) in [6, 6.07) is 12.5. The smallest absolute Gasteiger partial charge is 0.261 e. The number of carbonyl (C=O) groups is 1. The molecule has 2 aromatic rings. The van der Waals surface area contributed by atoms with Crippen LogP contribution < -0.4 is 10.5 Å². The number of anilines is 1. The third kappa shape index (κ3) is 4.00. The van der Waals surface area contributed by atoms with Crippen molar-refractivity contribution >= 4 is 33.2 Å². The summed E-state index contributed by atoms with van der Waals surface area (Å²) in [5.41, 5.74) is 6.12. The molecular formula is C18H20ClN3O3S. The van der Waals surface area contributed by atoms with Gasteiger partial charge in [0.2, 0.25) is 0 Å². The van der Waals surface area contributed by atoms with Crippen LogP contribution in [0.1, 0.15) is 16.8 Å². The number of benzene rings is 2. The molecule has 0 saturated carbocycles. The first-order chi connectivity index (χ1) is 12.4. The monoisotopic (exact) mass is 393 g/mol. The molecule has 1 atom stereocenters. The van der Waals surface area contributed by atoms with E-state index in [4.69, 9.17) is 17.3 Å². The molecule has 26 heavy (non-hydrogen) atoms. The second-order valence-electron chi connectivity index (χ2n) is 6.25. The summed E-state index contributed by atoms with van der Waals surface area (Å²) in [4.78, 5) is 14.7. The van der Waals surface area contributed by atoms with Crippen LogP contribution >= 0.6 is 11.6 Å². The van der Waals surface area contributed by atoms with Crippen LogP contribution in [0.2, 0.25) is 5.02 Å². The highest BCUT2D eigenvalue weighted by Crippen LogP contribution is 2.27. The normalized spacial score (nSPS) is 17.3. The molecule has 0 bridgehead atoms. The first-order valence-corrected chi connectivity index (χ1v) is 10.1. The van der Waals surface area contributed by atoms with E-state index in [1.807, 2.05) is 0 Å². The van der Waals surface area contributed by atoms with E-state index in [0.717, 1.165) is 6.42 Å². The van der Waals surface area contributed by atoms with Crippen molar-refractivity contribution in [2.75, 3.05) is 24.4 Å². The van der Waals surface area contributed by atoms with Crippen LogP contribution in [0.5, 0.6) is 0 Å². The Morgan fingerprint density at radius 3 is 2.62 bits per heavy atom. The lowest BCUT2D eigenvalue weighted by atomic mass is 10.1. The van der Waals surface area contributed by atoms with E-state index in [2.05, 4.69) is 4.72 Å². The fourth-order valence-corrected chi connectivity index (χ4v) is 4.23. The van der Waals surface area contributed by atoms with Gasteiger partial charge in [0.1, 0.15) is 0 Å². The Balaban J connectivity index is 1.91. The van der Waals surface area contributed by atoms with Crippen LogP contribution in [0.25, 0.3) is 0 Å². The fourth-order valence-electron chi connectivity index (χ4n) is 2.97. The number of rotatable bonds is 5. The Labute approximate surface area is 158 Å². The highest BCUT2D eigenvalue weighted by atomic mass is 35.5. The molecule has 3 rings (SSSR count). The van der Waals surface area contributed by atoms with E-state index < -0.39 is 10.0 Å². The summed E-state index contributed by atoms with van der Waals surface area (Å²) < 4.78 is 27.7. The van der Waals surface area contributed by atoms with E-state index in [-0.39, 0.29) is 28.0 Å². The van der Waals surface area contributed by atoms with E-state index >= 15 is 0 Å². The predicted molar refractivity (Wildman–Crippen MR) is 102 cm³/mol. The van der Waals surface area contributed by atoms with Gasteiger partial charge in [0, 0.05) is 18.1 Å². The number of nitrogens with zero attached hydrogens (tertiary/aromatic N) is 1. The first-order valence-electron chi connectivity index (χ1n) is 8.27. The van der Waals surface area contributed by atoms with Crippen LogP contribution in [-0.4, -0.2) is 38.9 Å². The summed E-state index contributed by atoms with van der Waals surface area (Å²) in [5, 5.41) is 0.341. The summed E-state index contributed by atoms with van der Waals surface area (Å²) in [6.07, 6.45) is 0.848. The van der Waals surface area contributed by atoms with E-state index in [1.54, 1.807) is 35.2 Å². The molecule has 0 aromatic heterocycles. The maximum atomic E-state index is 12.9. The molecule has 0 spiro atoms. The number of amides is 1. The van der Waals surface area contributed by atoms with E-state index in [1.165, 1.54) is 18.2 Å². The van der Waals surface area contributed by atoms with Crippen molar-refractivity contribution in [3.8, 4) is 0 Å². The Bertz CT molecular complexity index is 903. The molecule has 1 aliphatic heterocycles. The quantitative estimate of drug-likeness (QED) is 0.816. The molecule has 0 aliphatic carbocycles. The number of nitrogens with two attached hydrogens (primary N) is 1. The lowest BCUT2D eigenvalue weighted by molar-refractivity contribution is 0.0788. The van der Waals surface area contributed by atoms with Gasteiger partial charge in [-0.2, -0.15) is 0 Å². The summed E-state index contributed by atoms with van der Waals surface area (Å²) in [5.74, 6) is 0.0408. The Hall–Kier alpha value is -2.09. The number of carbonyl (C=O) groups excluding carboxylic acids is 1. The number of hydrogen-bond donors (Lipinski definition) is 2. The molecule has 0 radical (unpaired) electrons. The molecule has 1 fully saturated rings. The van der Waals surface area contributed by atoms with E-state index in [9.17, 15) is 13.2 Å². The molecule has 138 valence electrons. The van der Waals surface area contributed by atoms with Gasteiger partial charge in [0.05, 0.1) is 16.1 Å². The third-order valence-corrected chi connectivity index (χ3v) is 6.03. The molecule has 1 amide bonds. The highest BCUT2D eigenvalue weighted by molar-refractivity contribution is 7.92. The highest BCUT2D eigenvalue weighted by Gasteiger charge is 2.28. The lowest BCUT2D eigenvalue weighted by Gasteiger charge is -2.19. The van der Waals surface area contributed by atoms with Gasteiger partial charge in [-0.15, -0.1) is 0 Å². The minimum absolute atomic E-state index is 0.114. The number of hydrogen-bond acceptors (Lipinski definition) is 4. The fraction of sp³-hybridized carbons (Fsp3) is 0.278. The van der Waals surface area contributed by atoms with Gasteiger partial charge in [-0.05, 0) is 49.2 Å². The Morgan fingerprint density at radius 1 is 1.23 bits per heavy atom. The van der Waals surface area contributed by atoms with Gasteiger partial charge in [0.15, 0.2) is 0 Å². The van der Waals surface area contributed by atoms with Gasteiger partial charge < -0.3 is 10.6 Å². The maximum absolute atomic E-state index is 12.9. The molecular weight excluding hydrogens is 374 g/mol. The topological polar surface area (TPSA) is 92.5 Å². The molecule has 1 unspecified atom stereocenters. The van der Waals surface area contributed by atoms with Crippen molar-refractivity contribution in [3.63, 3.8) is 0 Å². The van der Waals surface area contributed by atoms with Crippen LogP contribution in [-0.2, 0) is 10.0 Å². The minimum atomic E-state index is -3.82. The van der Waals surface area contributed by atoms with Crippen molar-refractivity contribution < 1.29 is 13.2 Å². The minimum Gasteiger partial charge on any atom is -0.338 e. The average molecular weight is 394 g/mol. The zero-order chi connectivity index (χ0) is 18.7. The molecule has 1 aliphatic rings. The lowest BCUT2D eigenvalue weighted by Crippen LogP contribution is -2.30. The van der Waals surface area contributed by atoms with Gasteiger partial charge >= 0.3 is 0 Å². The zero-order valence-corrected chi connectivity index (χ0v) is 15.6. The number of likely N-dealkylation sites (tertiary alicyclic amines) is 1. The Morgan fingerprint density at radius 2 is 1.96 bits per heavy atom.